The molecular formula is C19H19N3O4S. The average molecular weight is 385 g/mol. The molecule has 3 rings (SSSR count). The van der Waals surface area contributed by atoms with E-state index in [1.54, 1.807) is 38.4 Å². The molecule has 0 fully saturated rings. The van der Waals surface area contributed by atoms with Gasteiger partial charge in [-0.2, -0.15) is 4.31 Å². The summed E-state index contributed by atoms with van der Waals surface area (Å²) < 4.78 is 26.8. The molecule has 0 unspecified atom stereocenters. The molecule has 27 heavy (non-hydrogen) atoms. The number of sulfonamides is 1. The number of fused-ring (bicyclic) bond motifs is 1. The van der Waals surface area contributed by atoms with E-state index in [1.165, 1.54) is 28.6 Å². The number of rotatable bonds is 6. The zero-order valence-electron chi connectivity index (χ0n) is 15.0. The first-order chi connectivity index (χ1) is 12.9. The maximum atomic E-state index is 12.8. The van der Waals surface area contributed by atoms with Crippen LogP contribution in [0.15, 0.2) is 53.7 Å². The number of carbonyl (C=O) groups is 1. The van der Waals surface area contributed by atoms with Crippen LogP contribution in [-0.4, -0.2) is 46.9 Å². The first kappa shape index (κ1) is 18.9. The van der Waals surface area contributed by atoms with Gasteiger partial charge in [-0.05, 0) is 36.4 Å². The molecule has 0 amide bonds. The Balaban J connectivity index is 2.23. The zero-order valence-corrected chi connectivity index (χ0v) is 15.8. The van der Waals surface area contributed by atoms with E-state index in [1.807, 2.05) is 0 Å². The van der Waals surface area contributed by atoms with Crippen molar-refractivity contribution in [2.45, 2.75) is 18.7 Å². The third kappa shape index (κ3) is 3.54. The van der Waals surface area contributed by atoms with Crippen LogP contribution in [0.3, 0.4) is 0 Å². The lowest BCUT2D eigenvalue weighted by Crippen LogP contribution is -2.30. The highest BCUT2D eigenvalue weighted by atomic mass is 32.2. The van der Waals surface area contributed by atoms with Crippen molar-refractivity contribution in [1.82, 2.24) is 14.3 Å². The summed E-state index contributed by atoms with van der Waals surface area (Å²) in [5.74, 6) is -1.15. The van der Waals surface area contributed by atoms with Gasteiger partial charge in [-0.25, -0.2) is 18.2 Å². The van der Waals surface area contributed by atoms with Crippen LogP contribution in [0.5, 0.6) is 0 Å². The van der Waals surface area contributed by atoms with Crippen molar-refractivity contribution >= 4 is 26.9 Å². The van der Waals surface area contributed by atoms with Crippen LogP contribution >= 0.6 is 0 Å². The Labute approximate surface area is 157 Å². The van der Waals surface area contributed by atoms with Gasteiger partial charge >= 0.3 is 5.97 Å². The van der Waals surface area contributed by atoms with Crippen molar-refractivity contribution in [3.05, 3.63) is 54.4 Å². The Hall–Kier alpha value is -2.84. The first-order valence-electron chi connectivity index (χ1n) is 8.47. The molecule has 8 heteroatoms. The van der Waals surface area contributed by atoms with E-state index in [0.717, 1.165) is 0 Å². The number of nitrogens with zero attached hydrogens (tertiary/aromatic N) is 3. The summed E-state index contributed by atoms with van der Waals surface area (Å²) in [6.45, 7) is 4.18. The molecule has 0 radical (unpaired) electrons. The summed E-state index contributed by atoms with van der Waals surface area (Å²) in [6.07, 6.45) is 3.21. The highest BCUT2D eigenvalue weighted by molar-refractivity contribution is 7.89. The molecule has 0 aliphatic heterocycles. The van der Waals surface area contributed by atoms with Crippen LogP contribution in [0.2, 0.25) is 0 Å². The zero-order chi connectivity index (χ0) is 19.6. The SMILES string of the molecule is CCN(CC)S(=O)(=O)c1ccc2nc(-c3cccnc3)cc(C(=O)O)c2c1. The lowest BCUT2D eigenvalue weighted by Gasteiger charge is -2.19. The molecule has 3 aromatic rings. The largest absolute Gasteiger partial charge is 0.478 e. The molecule has 1 N–H and O–H groups in total. The van der Waals surface area contributed by atoms with E-state index < -0.39 is 16.0 Å². The maximum Gasteiger partial charge on any atom is 0.336 e. The molecule has 0 bridgehead atoms. The fourth-order valence-corrected chi connectivity index (χ4v) is 4.40. The molecular weight excluding hydrogens is 366 g/mol. The van der Waals surface area contributed by atoms with Gasteiger partial charge < -0.3 is 5.11 Å². The van der Waals surface area contributed by atoms with E-state index in [2.05, 4.69) is 9.97 Å². The Morgan fingerprint density at radius 1 is 1.15 bits per heavy atom. The second-order valence-corrected chi connectivity index (χ2v) is 7.81. The second kappa shape index (κ2) is 7.42. The quantitative estimate of drug-likeness (QED) is 0.700. The lowest BCUT2D eigenvalue weighted by molar-refractivity contribution is 0.0699. The highest BCUT2D eigenvalue weighted by Gasteiger charge is 2.23. The molecule has 2 aromatic heterocycles. The minimum Gasteiger partial charge on any atom is -0.478 e. The van der Waals surface area contributed by atoms with Crippen molar-refractivity contribution in [3.8, 4) is 11.3 Å². The van der Waals surface area contributed by atoms with Gasteiger partial charge in [-0.3, -0.25) is 4.98 Å². The van der Waals surface area contributed by atoms with Crippen LogP contribution in [0.25, 0.3) is 22.2 Å². The van der Waals surface area contributed by atoms with E-state index in [9.17, 15) is 18.3 Å². The molecule has 0 atom stereocenters. The normalized spacial score (nSPS) is 11.8. The van der Waals surface area contributed by atoms with E-state index in [0.29, 0.717) is 29.9 Å². The van der Waals surface area contributed by atoms with Crippen molar-refractivity contribution in [3.63, 3.8) is 0 Å². The van der Waals surface area contributed by atoms with Crippen LogP contribution in [-0.2, 0) is 10.0 Å². The highest BCUT2D eigenvalue weighted by Crippen LogP contribution is 2.27. The monoisotopic (exact) mass is 385 g/mol. The fourth-order valence-electron chi connectivity index (χ4n) is 2.92. The Bertz CT molecular complexity index is 1090. The number of aromatic carboxylic acids is 1. The summed E-state index contributed by atoms with van der Waals surface area (Å²) in [5, 5.41) is 9.93. The number of aromatic nitrogens is 2. The number of pyridine rings is 2. The van der Waals surface area contributed by atoms with Crippen LogP contribution in [0.4, 0.5) is 0 Å². The molecule has 1 aromatic carbocycles. The van der Waals surface area contributed by atoms with E-state index in [4.69, 9.17) is 0 Å². The van der Waals surface area contributed by atoms with Gasteiger partial charge in [0.1, 0.15) is 0 Å². The van der Waals surface area contributed by atoms with Crippen molar-refractivity contribution < 1.29 is 18.3 Å². The molecule has 7 nitrogen and oxygen atoms in total. The van der Waals surface area contributed by atoms with Crippen LogP contribution in [0, 0.1) is 0 Å². The van der Waals surface area contributed by atoms with E-state index in [-0.39, 0.29) is 15.8 Å². The van der Waals surface area contributed by atoms with Crippen LogP contribution in [0.1, 0.15) is 24.2 Å². The number of hydrogen-bond donors (Lipinski definition) is 1. The maximum absolute atomic E-state index is 12.8. The molecule has 140 valence electrons. The number of carboxylic acids is 1. The number of benzene rings is 1. The second-order valence-electron chi connectivity index (χ2n) is 5.87. The Kier molecular flexibility index (Phi) is 5.20. The number of carboxylic acid groups (broad SMARTS) is 1. The summed E-state index contributed by atoms with van der Waals surface area (Å²) in [6, 6.07) is 9.34. The summed E-state index contributed by atoms with van der Waals surface area (Å²) >= 11 is 0. The van der Waals surface area contributed by atoms with Gasteiger partial charge in [0.25, 0.3) is 0 Å². The third-order valence-electron chi connectivity index (χ3n) is 4.31. The molecule has 0 saturated carbocycles. The molecule has 0 aliphatic rings. The number of hydrogen-bond acceptors (Lipinski definition) is 5. The van der Waals surface area contributed by atoms with Gasteiger partial charge in [-0.1, -0.05) is 13.8 Å². The lowest BCUT2D eigenvalue weighted by atomic mass is 10.1. The Morgan fingerprint density at radius 3 is 2.48 bits per heavy atom. The molecule has 2 heterocycles. The van der Waals surface area contributed by atoms with Crippen molar-refractivity contribution in [1.29, 1.82) is 0 Å². The molecule has 0 saturated heterocycles. The van der Waals surface area contributed by atoms with Gasteiger partial charge in [0.05, 0.1) is 21.7 Å². The summed E-state index contributed by atoms with van der Waals surface area (Å²) in [5.41, 5.74) is 1.55. The fraction of sp³-hybridized carbons (Fsp3) is 0.211. The third-order valence-corrected chi connectivity index (χ3v) is 6.36. The van der Waals surface area contributed by atoms with Gasteiger partial charge in [0.15, 0.2) is 0 Å². The minimum absolute atomic E-state index is 0.00421. The average Bonchev–Trinajstić information content (AvgIpc) is 2.68. The smallest absolute Gasteiger partial charge is 0.336 e. The topological polar surface area (TPSA) is 100 Å². The van der Waals surface area contributed by atoms with Gasteiger partial charge in [0, 0.05) is 36.4 Å². The molecule has 0 aliphatic carbocycles. The van der Waals surface area contributed by atoms with Crippen molar-refractivity contribution in [2.24, 2.45) is 0 Å². The van der Waals surface area contributed by atoms with Gasteiger partial charge in [-0.15, -0.1) is 0 Å². The van der Waals surface area contributed by atoms with Crippen molar-refractivity contribution in [2.75, 3.05) is 13.1 Å². The molecule has 0 spiro atoms. The minimum atomic E-state index is -3.69. The first-order valence-corrected chi connectivity index (χ1v) is 9.91. The predicted molar refractivity (Wildman–Crippen MR) is 102 cm³/mol. The Morgan fingerprint density at radius 2 is 1.89 bits per heavy atom. The van der Waals surface area contributed by atoms with Crippen LogP contribution < -0.4 is 0 Å². The summed E-state index contributed by atoms with van der Waals surface area (Å²) in [7, 11) is -3.69. The van der Waals surface area contributed by atoms with E-state index >= 15 is 0 Å². The standard InChI is InChI=1S/C19H19N3O4S/c1-3-22(4-2)27(25,26)14-7-8-17-15(10-14)16(19(23)24)11-18(21-17)13-6-5-9-20-12-13/h5-12H,3-4H2,1-2H3,(H,23,24). The van der Waals surface area contributed by atoms with Gasteiger partial charge in [0.2, 0.25) is 10.0 Å². The predicted octanol–water partition coefficient (Wildman–Crippen LogP) is 3.03. The summed E-state index contributed by atoms with van der Waals surface area (Å²) in [4.78, 5) is 20.4.